The van der Waals surface area contributed by atoms with Crippen LogP contribution >= 0.6 is 11.3 Å². The number of H-pyrrole nitrogens is 1. The van der Waals surface area contributed by atoms with Crippen molar-refractivity contribution in [2.24, 2.45) is 0 Å². The minimum absolute atomic E-state index is 0.117. The molecule has 1 aliphatic rings. The molecule has 2 unspecified atom stereocenters. The fourth-order valence-electron chi connectivity index (χ4n) is 4.83. The third-order valence-electron chi connectivity index (χ3n) is 6.58. The van der Waals surface area contributed by atoms with Crippen molar-refractivity contribution in [2.45, 2.75) is 31.9 Å². The Morgan fingerprint density at radius 2 is 2.00 bits per heavy atom. The van der Waals surface area contributed by atoms with Crippen molar-refractivity contribution in [2.75, 3.05) is 19.6 Å². The summed E-state index contributed by atoms with van der Waals surface area (Å²) in [4.78, 5) is 42.1. The largest absolute Gasteiger partial charge is 0.489 e. The highest BCUT2D eigenvalue weighted by Crippen LogP contribution is 2.29. The van der Waals surface area contributed by atoms with Gasteiger partial charge in [0, 0.05) is 34.7 Å². The number of aryl methyl sites for hydroxylation is 1. The normalized spacial score (nSPS) is 17.8. The Hall–Kier alpha value is -4.09. The number of carboxylic acid groups (broad SMARTS) is 1. The minimum Gasteiger partial charge on any atom is -0.489 e. The molecule has 1 amide bonds. The summed E-state index contributed by atoms with van der Waals surface area (Å²) in [7, 11) is 0. The smallest absolute Gasteiger partial charge is 0.322 e. The van der Waals surface area contributed by atoms with Crippen molar-refractivity contribution >= 4 is 34.1 Å². The Balaban J connectivity index is 1.26. The molecular weight excluding hydrogens is 506 g/mol. The molecule has 196 valence electrons. The molecule has 1 fully saturated rings. The van der Waals surface area contributed by atoms with Crippen molar-refractivity contribution in [3.63, 3.8) is 0 Å². The first-order valence-electron chi connectivity index (χ1n) is 12.2. The molecule has 3 heterocycles. The summed E-state index contributed by atoms with van der Waals surface area (Å²) in [6, 6.07) is 16.4. The molecule has 2 aromatic heterocycles. The van der Waals surface area contributed by atoms with Gasteiger partial charge in [0.1, 0.15) is 17.4 Å². The molecule has 38 heavy (non-hydrogen) atoms. The second kappa shape index (κ2) is 11.1. The molecule has 0 saturated carbocycles. The molecule has 5 rings (SSSR count). The number of piperidine rings is 1. The zero-order chi connectivity index (χ0) is 26.6. The molecule has 3 N–H and O–H groups in total. The van der Waals surface area contributed by atoms with Crippen molar-refractivity contribution in [3.05, 3.63) is 86.1 Å². The highest BCUT2D eigenvalue weighted by atomic mass is 32.1. The Kier molecular flexibility index (Phi) is 7.47. The number of fused-ring (bicyclic) bond motifs is 1. The van der Waals surface area contributed by atoms with Gasteiger partial charge in [0.2, 0.25) is 0 Å². The Bertz CT molecular complexity index is 1520. The lowest BCUT2D eigenvalue weighted by Crippen LogP contribution is -2.52. The van der Waals surface area contributed by atoms with Crippen LogP contribution in [0.4, 0.5) is 0 Å². The van der Waals surface area contributed by atoms with Crippen LogP contribution in [0.3, 0.4) is 0 Å². The number of carbonyl (C=O) groups is 2. The first-order valence-corrected chi connectivity index (χ1v) is 13.1. The van der Waals surface area contributed by atoms with Crippen molar-refractivity contribution in [3.8, 4) is 5.75 Å². The number of likely N-dealkylation sites (tertiary alicyclic amines) is 1. The number of nitrogens with zero attached hydrogens (tertiary/aromatic N) is 3. The number of benzene rings is 2. The second-order valence-corrected chi connectivity index (χ2v) is 10.3. The Labute approximate surface area is 222 Å². The number of rotatable bonds is 8. The lowest BCUT2D eigenvalue weighted by Gasteiger charge is -2.37. The Morgan fingerprint density at radius 3 is 2.74 bits per heavy atom. The standard InChI is InChI=1S/C27H27N5O5S/c1-16-12-18(20-4-2-3-5-22(20)28-16)15-37-19-8-6-17(7-9-19)25(35)29-23-13-32(14-24(33)34)11-10-21(23)26-30-31-27(36)38-26/h2-9,12,21,23H,10-11,13-15H2,1H3,(H,29,35)(H,31,36)(H,33,34). The lowest BCUT2D eigenvalue weighted by molar-refractivity contribution is -0.138. The van der Waals surface area contributed by atoms with E-state index in [4.69, 9.17) is 4.74 Å². The van der Waals surface area contributed by atoms with E-state index in [0.29, 0.717) is 42.4 Å². The topological polar surface area (TPSA) is 138 Å². The molecule has 1 aliphatic heterocycles. The maximum absolute atomic E-state index is 13.1. The lowest BCUT2D eigenvalue weighted by atomic mass is 9.91. The van der Waals surface area contributed by atoms with E-state index in [9.17, 15) is 19.5 Å². The van der Waals surface area contributed by atoms with Crippen LogP contribution in [0.2, 0.25) is 0 Å². The fraction of sp³-hybridized carbons (Fsp3) is 0.296. The number of nitrogens with one attached hydrogen (secondary N) is 2. The number of aromatic nitrogens is 3. The number of hydrogen-bond acceptors (Lipinski definition) is 8. The number of ether oxygens (including phenoxy) is 1. The monoisotopic (exact) mass is 533 g/mol. The summed E-state index contributed by atoms with van der Waals surface area (Å²) in [6.07, 6.45) is 0.578. The highest BCUT2D eigenvalue weighted by Gasteiger charge is 2.34. The average molecular weight is 534 g/mol. The third-order valence-corrected chi connectivity index (χ3v) is 7.46. The van der Waals surface area contributed by atoms with Crippen LogP contribution in [0.25, 0.3) is 10.9 Å². The zero-order valence-electron chi connectivity index (χ0n) is 20.7. The summed E-state index contributed by atoms with van der Waals surface area (Å²) in [5.74, 6) is -0.774. The van der Waals surface area contributed by atoms with Crippen LogP contribution in [0.1, 0.15) is 39.0 Å². The SMILES string of the molecule is Cc1cc(COc2ccc(C(=O)NC3CN(CC(=O)O)CCC3c3n[nH]c(=O)s3)cc2)c2ccccc2n1. The van der Waals surface area contributed by atoms with E-state index >= 15 is 0 Å². The summed E-state index contributed by atoms with van der Waals surface area (Å²) in [6.45, 7) is 3.08. The third kappa shape index (κ3) is 5.90. The summed E-state index contributed by atoms with van der Waals surface area (Å²) >= 11 is 1.01. The number of amides is 1. The van der Waals surface area contributed by atoms with Gasteiger partial charge >= 0.3 is 10.8 Å². The average Bonchev–Trinajstić information content (AvgIpc) is 3.33. The van der Waals surface area contributed by atoms with E-state index < -0.39 is 12.0 Å². The molecule has 2 atom stereocenters. The second-order valence-electron chi connectivity index (χ2n) is 9.31. The molecule has 0 radical (unpaired) electrons. The molecule has 10 nitrogen and oxygen atoms in total. The first kappa shape index (κ1) is 25.6. The van der Waals surface area contributed by atoms with Gasteiger partial charge in [-0.25, -0.2) is 5.10 Å². The van der Waals surface area contributed by atoms with Crippen molar-refractivity contribution < 1.29 is 19.4 Å². The highest BCUT2D eigenvalue weighted by molar-refractivity contribution is 7.08. The Morgan fingerprint density at radius 1 is 1.21 bits per heavy atom. The van der Waals surface area contributed by atoms with Crippen LogP contribution in [-0.2, 0) is 11.4 Å². The number of carbonyl (C=O) groups excluding carboxylic acids is 1. The van der Waals surface area contributed by atoms with Gasteiger partial charge in [-0.3, -0.25) is 24.3 Å². The van der Waals surface area contributed by atoms with Gasteiger partial charge in [0.05, 0.1) is 18.1 Å². The number of carboxylic acids is 1. The van der Waals surface area contributed by atoms with Crippen molar-refractivity contribution in [1.82, 2.24) is 25.4 Å². The predicted octanol–water partition coefficient (Wildman–Crippen LogP) is 2.94. The van der Waals surface area contributed by atoms with Crippen LogP contribution in [-0.4, -0.2) is 62.7 Å². The maximum Gasteiger partial charge on any atom is 0.322 e. The van der Waals surface area contributed by atoms with Crippen LogP contribution in [0.5, 0.6) is 5.75 Å². The van der Waals surface area contributed by atoms with Gasteiger partial charge in [-0.2, -0.15) is 5.10 Å². The molecule has 0 bridgehead atoms. The summed E-state index contributed by atoms with van der Waals surface area (Å²) in [5, 5.41) is 20.4. The summed E-state index contributed by atoms with van der Waals surface area (Å²) in [5.41, 5.74) is 3.32. The van der Waals surface area contributed by atoms with Gasteiger partial charge in [-0.05, 0) is 56.3 Å². The van der Waals surface area contributed by atoms with E-state index in [1.54, 1.807) is 29.2 Å². The number of pyridine rings is 1. The van der Waals surface area contributed by atoms with Gasteiger partial charge in [-0.15, -0.1) is 0 Å². The van der Waals surface area contributed by atoms with Gasteiger partial charge < -0.3 is 15.2 Å². The van der Waals surface area contributed by atoms with E-state index in [2.05, 4.69) is 20.5 Å². The molecule has 4 aromatic rings. The summed E-state index contributed by atoms with van der Waals surface area (Å²) < 4.78 is 6.01. The van der Waals surface area contributed by atoms with E-state index in [0.717, 1.165) is 33.5 Å². The molecule has 2 aromatic carbocycles. The molecule has 0 aliphatic carbocycles. The van der Waals surface area contributed by atoms with Crippen LogP contribution in [0, 0.1) is 6.92 Å². The molecule has 0 spiro atoms. The maximum atomic E-state index is 13.1. The van der Waals surface area contributed by atoms with E-state index in [1.165, 1.54) is 0 Å². The zero-order valence-corrected chi connectivity index (χ0v) is 21.5. The number of hydrogen-bond donors (Lipinski definition) is 3. The van der Waals surface area contributed by atoms with E-state index in [-0.39, 0.29) is 23.2 Å². The molecular formula is C27H27N5O5S. The van der Waals surface area contributed by atoms with E-state index in [1.807, 2.05) is 37.3 Å². The first-order chi connectivity index (χ1) is 18.4. The predicted molar refractivity (Wildman–Crippen MR) is 143 cm³/mol. The quantitative estimate of drug-likeness (QED) is 0.314. The van der Waals surface area contributed by atoms with Crippen molar-refractivity contribution in [1.29, 1.82) is 0 Å². The minimum atomic E-state index is -0.927. The number of aromatic amines is 1. The number of aliphatic carboxylic acids is 1. The van der Waals surface area contributed by atoms with Crippen LogP contribution in [0.15, 0.2) is 59.4 Å². The fourth-order valence-corrected chi connectivity index (χ4v) is 5.63. The van der Waals surface area contributed by atoms with Gasteiger partial charge in [-0.1, -0.05) is 29.5 Å². The molecule has 11 heteroatoms. The molecule has 1 saturated heterocycles. The van der Waals surface area contributed by atoms with Gasteiger partial charge in [0.25, 0.3) is 5.91 Å². The number of para-hydroxylation sites is 1. The van der Waals surface area contributed by atoms with Gasteiger partial charge in [0.15, 0.2) is 0 Å². The van der Waals surface area contributed by atoms with Crippen LogP contribution < -0.4 is 14.9 Å².